The zero-order valence-electron chi connectivity index (χ0n) is 10.5. The number of likely N-dealkylation sites (N-methyl/N-ethyl adjacent to an activating group) is 1. The first kappa shape index (κ1) is 17.8. The molecule has 0 aliphatic heterocycles. The number of esters is 1. The van der Waals surface area contributed by atoms with Crippen molar-refractivity contribution in [1.29, 1.82) is 0 Å². The Labute approximate surface area is 104 Å². The molecule has 0 amide bonds. The van der Waals surface area contributed by atoms with Crippen molar-refractivity contribution in [3.8, 4) is 0 Å². The van der Waals surface area contributed by atoms with Gasteiger partial charge in [-0.15, -0.1) is 0 Å². The van der Waals surface area contributed by atoms with E-state index in [1.165, 1.54) is 0 Å². The highest BCUT2D eigenvalue weighted by Crippen LogP contribution is 2.00. The first-order valence-corrected chi connectivity index (χ1v) is 5.07. The van der Waals surface area contributed by atoms with Gasteiger partial charge in [-0.05, 0) is 13.8 Å². The second kappa shape index (κ2) is 7.65. The van der Waals surface area contributed by atoms with E-state index >= 15 is 0 Å². The molecule has 1 N–H and O–H groups in total. The minimum Gasteiger partial charge on any atom is -1.00 e. The van der Waals surface area contributed by atoms with Gasteiger partial charge in [-0.3, -0.25) is 0 Å². The molecule has 0 heterocycles. The second-order valence-electron chi connectivity index (χ2n) is 4.61. The molecule has 0 aliphatic rings. The van der Waals surface area contributed by atoms with Gasteiger partial charge in [0.05, 0.1) is 14.1 Å². The van der Waals surface area contributed by atoms with Gasteiger partial charge in [-0.2, -0.15) is 0 Å². The van der Waals surface area contributed by atoms with Crippen LogP contribution in [-0.2, 0) is 9.53 Å². The molecule has 16 heavy (non-hydrogen) atoms. The first-order chi connectivity index (χ1) is 6.74. The monoisotopic (exact) mass is 251 g/mol. The van der Waals surface area contributed by atoms with Crippen LogP contribution >= 0.6 is 0 Å². The molecule has 0 aliphatic carbocycles. The summed E-state index contributed by atoms with van der Waals surface area (Å²) in [5, 5.41) is 9.25. The summed E-state index contributed by atoms with van der Waals surface area (Å²) in [6.45, 7) is 8.55. The van der Waals surface area contributed by atoms with Crippen molar-refractivity contribution < 1.29 is 31.5 Å². The highest BCUT2D eigenvalue weighted by molar-refractivity contribution is 5.86. The fourth-order valence-electron chi connectivity index (χ4n) is 1.32. The number of ether oxygens (including phenoxy) is 1. The third kappa shape index (κ3) is 8.71. The fraction of sp³-hybridized carbons (Fsp3) is 0.727. The van der Waals surface area contributed by atoms with E-state index in [0.717, 1.165) is 0 Å². The van der Waals surface area contributed by atoms with Gasteiger partial charge < -0.3 is 26.7 Å². The molecule has 96 valence electrons. The van der Waals surface area contributed by atoms with Crippen LogP contribution in [0.15, 0.2) is 12.2 Å². The van der Waals surface area contributed by atoms with Crippen molar-refractivity contribution in [2.75, 3.05) is 33.8 Å². The maximum atomic E-state index is 11.1. The number of nitrogens with zero attached hydrogens (tertiary/aromatic N) is 1. The maximum Gasteiger partial charge on any atom is 0.333 e. The second-order valence-corrected chi connectivity index (χ2v) is 4.61. The molecule has 1 atom stereocenters. The average molecular weight is 252 g/mol. The summed E-state index contributed by atoms with van der Waals surface area (Å²) in [7, 11) is 3.97. The van der Waals surface area contributed by atoms with Gasteiger partial charge in [-0.25, -0.2) is 4.79 Å². The number of hydrogen-bond acceptors (Lipinski definition) is 3. The number of carbonyl (C=O) groups is 1. The van der Waals surface area contributed by atoms with Crippen LogP contribution in [0, 0.1) is 0 Å². The van der Waals surface area contributed by atoms with Gasteiger partial charge in [0.2, 0.25) is 0 Å². The third-order valence-electron chi connectivity index (χ3n) is 2.04. The van der Waals surface area contributed by atoms with Crippen LogP contribution in [0.1, 0.15) is 13.8 Å². The summed E-state index contributed by atoms with van der Waals surface area (Å²) in [6, 6.07) is 0. The van der Waals surface area contributed by atoms with Gasteiger partial charge in [0, 0.05) is 5.57 Å². The van der Waals surface area contributed by atoms with Crippen molar-refractivity contribution >= 4 is 5.97 Å². The number of aliphatic hydroxyl groups is 1. The maximum absolute atomic E-state index is 11.1. The third-order valence-corrected chi connectivity index (χ3v) is 2.04. The lowest BCUT2D eigenvalue weighted by molar-refractivity contribution is -0.893. The van der Waals surface area contributed by atoms with E-state index in [-0.39, 0.29) is 24.5 Å². The van der Waals surface area contributed by atoms with Crippen LogP contribution < -0.4 is 12.4 Å². The normalized spacial score (nSPS) is 12.6. The largest absolute Gasteiger partial charge is 1.00 e. The van der Waals surface area contributed by atoms with Crippen LogP contribution in [0.4, 0.5) is 0 Å². The molecular weight excluding hydrogens is 230 g/mol. The molecule has 0 aromatic rings. The van der Waals surface area contributed by atoms with Crippen LogP contribution in [0.3, 0.4) is 0 Å². The number of hydrogen-bond donors (Lipinski definition) is 1. The molecule has 0 rings (SSSR count). The van der Waals surface area contributed by atoms with E-state index < -0.39 is 0 Å². The number of quaternary nitrogens is 1. The Morgan fingerprint density at radius 1 is 1.50 bits per heavy atom. The molecule has 0 bridgehead atoms. The van der Waals surface area contributed by atoms with Crippen LogP contribution in [0.5, 0.6) is 0 Å². The lowest BCUT2D eigenvalue weighted by Gasteiger charge is -2.30. The van der Waals surface area contributed by atoms with E-state index in [0.29, 0.717) is 29.8 Å². The Morgan fingerprint density at radius 3 is 2.38 bits per heavy atom. The summed E-state index contributed by atoms with van der Waals surface area (Å²) in [6.07, 6.45) is -0.350. The highest BCUT2D eigenvalue weighted by atomic mass is 35.5. The first-order valence-electron chi connectivity index (χ1n) is 5.07. The lowest BCUT2D eigenvalue weighted by atomic mass is 10.3. The van der Waals surface area contributed by atoms with Crippen LogP contribution in [0.2, 0.25) is 0 Å². The Kier molecular flexibility index (Phi) is 8.52. The van der Waals surface area contributed by atoms with E-state index in [2.05, 4.69) is 6.58 Å². The molecular formula is C11H22ClNO3. The smallest absolute Gasteiger partial charge is 0.333 e. The number of aliphatic hydroxyl groups excluding tert-OH is 1. The van der Waals surface area contributed by atoms with E-state index in [9.17, 15) is 9.90 Å². The van der Waals surface area contributed by atoms with E-state index in [1.807, 2.05) is 14.1 Å². The van der Waals surface area contributed by atoms with Crippen molar-refractivity contribution in [3.63, 3.8) is 0 Å². The molecule has 0 saturated carbocycles. The zero-order valence-corrected chi connectivity index (χ0v) is 11.3. The Bertz CT molecular complexity index is 239. The minimum absolute atomic E-state index is 0. The predicted octanol–water partition coefficient (Wildman–Crippen LogP) is -2.43. The summed E-state index contributed by atoms with van der Waals surface area (Å²) in [5.41, 5.74) is 0.413. The quantitative estimate of drug-likeness (QED) is 0.324. The number of halogens is 1. The predicted molar refractivity (Wildman–Crippen MR) is 59.3 cm³/mol. The van der Waals surface area contributed by atoms with Crippen molar-refractivity contribution in [1.82, 2.24) is 0 Å². The van der Waals surface area contributed by atoms with Gasteiger partial charge in [0.15, 0.2) is 0 Å². The van der Waals surface area contributed by atoms with Crippen molar-refractivity contribution in [2.45, 2.75) is 20.0 Å². The molecule has 0 aromatic carbocycles. The van der Waals surface area contributed by atoms with Crippen molar-refractivity contribution in [2.24, 2.45) is 0 Å². The minimum atomic E-state index is -0.355. The molecule has 0 saturated heterocycles. The summed E-state index contributed by atoms with van der Waals surface area (Å²) in [4.78, 5) is 11.1. The summed E-state index contributed by atoms with van der Waals surface area (Å²) in [5.74, 6) is -0.355. The lowest BCUT2D eigenvalue weighted by Crippen LogP contribution is -3.00. The highest BCUT2D eigenvalue weighted by Gasteiger charge is 2.18. The van der Waals surface area contributed by atoms with Crippen LogP contribution in [-0.4, -0.2) is 55.5 Å². The molecule has 0 aromatic heterocycles. The molecule has 4 nitrogen and oxygen atoms in total. The Hall–Kier alpha value is -0.580. The zero-order chi connectivity index (χ0) is 12.1. The summed E-state index contributed by atoms with van der Waals surface area (Å²) >= 11 is 0. The SMILES string of the molecule is C=C(C)C(=O)OCC[N+](C)(C)CC(C)O.[Cl-]. The Morgan fingerprint density at radius 2 is 2.00 bits per heavy atom. The van der Waals surface area contributed by atoms with Gasteiger partial charge in [-0.1, -0.05) is 6.58 Å². The van der Waals surface area contributed by atoms with E-state index in [1.54, 1.807) is 13.8 Å². The molecule has 0 fully saturated rings. The average Bonchev–Trinajstić information content (AvgIpc) is 2.00. The molecule has 1 unspecified atom stereocenters. The topological polar surface area (TPSA) is 46.5 Å². The van der Waals surface area contributed by atoms with Crippen LogP contribution in [0.25, 0.3) is 0 Å². The summed E-state index contributed by atoms with van der Waals surface area (Å²) < 4.78 is 5.61. The van der Waals surface area contributed by atoms with Gasteiger partial charge in [0.1, 0.15) is 25.8 Å². The van der Waals surface area contributed by atoms with E-state index in [4.69, 9.17) is 4.74 Å². The molecule has 5 heteroatoms. The number of rotatable bonds is 6. The Balaban J connectivity index is 0. The van der Waals surface area contributed by atoms with Gasteiger partial charge in [0.25, 0.3) is 0 Å². The molecule has 0 radical (unpaired) electrons. The molecule has 0 spiro atoms. The fourth-order valence-corrected chi connectivity index (χ4v) is 1.32. The van der Waals surface area contributed by atoms with Crippen molar-refractivity contribution in [3.05, 3.63) is 12.2 Å². The van der Waals surface area contributed by atoms with Gasteiger partial charge >= 0.3 is 5.97 Å². The standard InChI is InChI=1S/C11H22NO3.ClH/c1-9(2)11(14)15-7-6-12(4,5)8-10(3)13;/h10,13H,1,6-8H2,2-5H3;1H/q+1;/p-1. The number of carbonyl (C=O) groups excluding carboxylic acids is 1.